The maximum Gasteiger partial charge on any atom is 0.490 e. The van der Waals surface area contributed by atoms with Crippen molar-refractivity contribution in [3.8, 4) is 5.75 Å². The average molecular weight is 594 g/mol. The number of likely N-dealkylation sites (tertiary alicyclic amines) is 1. The van der Waals surface area contributed by atoms with Gasteiger partial charge in [0.25, 0.3) is 10.0 Å². The van der Waals surface area contributed by atoms with Gasteiger partial charge in [0.1, 0.15) is 27.0 Å². The fourth-order valence-corrected chi connectivity index (χ4v) is 6.09. The first kappa shape index (κ1) is 29.1. The van der Waals surface area contributed by atoms with Crippen molar-refractivity contribution < 1.29 is 41.4 Å². The maximum atomic E-state index is 12.8. The van der Waals surface area contributed by atoms with Crippen LogP contribution in [-0.2, 0) is 26.2 Å². The molecule has 1 aliphatic heterocycles. The highest BCUT2D eigenvalue weighted by molar-refractivity contribution is 7.91. The Morgan fingerprint density at radius 2 is 1.95 bits per heavy atom. The molecule has 3 heterocycles. The first-order chi connectivity index (χ1) is 17.6. The highest BCUT2D eigenvalue weighted by Gasteiger charge is 2.38. The number of thiophene rings is 1. The van der Waals surface area contributed by atoms with Crippen molar-refractivity contribution in [1.29, 1.82) is 5.41 Å². The molecular formula is C21H19ClF3N5O6S2. The Labute approximate surface area is 222 Å². The first-order valence-corrected chi connectivity index (χ1v) is 13.1. The van der Waals surface area contributed by atoms with Gasteiger partial charge in [-0.15, -0.1) is 11.3 Å². The molecule has 204 valence electrons. The van der Waals surface area contributed by atoms with Crippen molar-refractivity contribution in [1.82, 2.24) is 14.6 Å². The number of phenols is 1. The smallest absolute Gasteiger partial charge is 0.490 e. The van der Waals surface area contributed by atoms with Gasteiger partial charge in [-0.1, -0.05) is 17.7 Å². The average Bonchev–Trinajstić information content (AvgIpc) is 3.38. The second kappa shape index (κ2) is 11.1. The number of sulfonamides is 1. The lowest BCUT2D eigenvalue weighted by Crippen LogP contribution is -2.41. The number of phenolic OH excluding ortho intramolecular Hbond substituents is 1. The van der Waals surface area contributed by atoms with Crippen LogP contribution >= 0.6 is 22.9 Å². The zero-order valence-electron chi connectivity index (χ0n) is 19.0. The summed E-state index contributed by atoms with van der Waals surface area (Å²) in [5, 5.41) is 24.7. The number of amides is 1. The number of carboxylic acids is 1. The number of fused-ring (bicyclic) bond motifs is 1. The molecule has 0 spiro atoms. The highest BCUT2D eigenvalue weighted by Crippen LogP contribution is 2.29. The Hall–Kier alpha value is -3.47. The maximum absolute atomic E-state index is 12.8. The lowest BCUT2D eigenvalue weighted by molar-refractivity contribution is -0.192. The van der Waals surface area contributed by atoms with Crippen LogP contribution in [0, 0.1) is 5.41 Å². The van der Waals surface area contributed by atoms with Gasteiger partial charge in [0.2, 0.25) is 5.91 Å². The number of aromatic hydroxyl groups is 1. The summed E-state index contributed by atoms with van der Waals surface area (Å²) >= 11 is 6.92. The summed E-state index contributed by atoms with van der Waals surface area (Å²) in [6.07, 6.45) is -4.76. The number of carboxylic acid groups (broad SMARTS) is 1. The van der Waals surface area contributed by atoms with E-state index >= 15 is 0 Å². The van der Waals surface area contributed by atoms with Crippen molar-refractivity contribution >= 4 is 60.9 Å². The lowest BCUT2D eigenvalue weighted by Gasteiger charge is -2.18. The van der Waals surface area contributed by atoms with E-state index in [9.17, 15) is 31.5 Å². The van der Waals surface area contributed by atoms with Gasteiger partial charge in [-0.25, -0.2) is 18.2 Å². The molecule has 1 saturated heterocycles. The van der Waals surface area contributed by atoms with E-state index in [-0.39, 0.29) is 39.0 Å². The molecule has 1 aliphatic rings. The van der Waals surface area contributed by atoms with Crippen molar-refractivity contribution in [3.05, 3.63) is 52.7 Å². The summed E-state index contributed by atoms with van der Waals surface area (Å²) in [6.45, 7) is 0.578. The lowest BCUT2D eigenvalue weighted by atomic mass is 10.1. The third-order valence-electron chi connectivity index (χ3n) is 5.14. The quantitative estimate of drug-likeness (QED) is 0.164. The number of carbonyl (C=O) groups is 2. The number of nitrogen functional groups attached to an aromatic ring is 1. The molecule has 0 saturated carbocycles. The molecule has 0 aliphatic carbocycles. The summed E-state index contributed by atoms with van der Waals surface area (Å²) in [5.74, 6) is -3.50. The number of hydrogen-bond donors (Lipinski definition) is 5. The summed E-state index contributed by atoms with van der Waals surface area (Å²) < 4.78 is 60.6. The molecule has 38 heavy (non-hydrogen) atoms. The highest BCUT2D eigenvalue weighted by atomic mass is 35.5. The number of rotatable bonds is 6. The van der Waals surface area contributed by atoms with Gasteiger partial charge in [0, 0.05) is 13.1 Å². The summed E-state index contributed by atoms with van der Waals surface area (Å²) in [6, 6.07) is 8.42. The van der Waals surface area contributed by atoms with Crippen LogP contribution in [0.2, 0.25) is 5.15 Å². The minimum atomic E-state index is -5.08. The molecule has 4 rings (SSSR count). The van der Waals surface area contributed by atoms with Gasteiger partial charge < -0.3 is 20.8 Å². The monoisotopic (exact) mass is 593 g/mol. The van der Waals surface area contributed by atoms with Crippen molar-refractivity contribution in [2.24, 2.45) is 5.73 Å². The predicted octanol–water partition coefficient (Wildman–Crippen LogP) is 2.65. The molecule has 0 radical (unpaired) electrons. The molecule has 11 nitrogen and oxygen atoms in total. The van der Waals surface area contributed by atoms with Crippen molar-refractivity contribution in [3.63, 3.8) is 0 Å². The Morgan fingerprint density at radius 1 is 1.29 bits per heavy atom. The number of carbonyl (C=O) groups excluding carboxylic acids is 1. The molecular weight excluding hydrogens is 575 g/mol. The van der Waals surface area contributed by atoms with E-state index in [0.717, 1.165) is 11.3 Å². The molecule has 1 amide bonds. The van der Waals surface area contributed by atoms with Gasteiger partial charge in [-0.2, -0.15) is 17.9 Å². The van der Waals surface area contributed by atoms with E-state index in [2.05, 4.69) is 9.71 Å². The number of aromatic nitrogens is 1. The fraction of sp³-hybridized carbons (Fsp3) is 0.238. The van der Waals surface area contributed by atoms with Crippen LogP contribution in [-0.4, -0.2) is 65.0 Å². The Morgan fingerprint density at radius 3 is 2.55 bits per heavy atom. The molecule has 3 aromatic rings. The molecule has 17 heteroatoms. The SMILES string of the molecule is N=C(N)c1cc(CN2CC[C@H](NS(=O)(=O)c3cc4nc(Cl)ccc4s3)C2=O)ccc1O.O=C(O)C(F)(F)F. The summed E-state index contributed by atoms with van der Waals surface area (Å²) in [5.41, 5.74) is 6.79. The third kappa shape index (κ3) is 6.89. The number of nitrogens with one attached hydrogen (secondary N) is 2. The van der Waals surface area contributed by atoms with Crippen LogP contribution in [0.1, 0.15) is 17.5 Å². The van der Waals surface area contributed by atoms with Gasteiger partial charge in [0.15, 0.2) is 0 Å². The van der Waals surface area contributed by atoms with Crippen LogP contribution < -0.4 is 10.5 Å². The zero-order chi connectivity index (χ0) is 28.4. The normalized spacial score (nSPS) is 15.8. The number of amidine groups is 1. The Balaban J connectivity index is 0.000000505. The zero-order valence-corrected chi connectivity index (χ0v) is 21.4. The van der Waals surface area contributed by atoms with Crippen LogP contribution in [0.15, 0.2) is 40.6 Å². The molecule has 1 aromatic carbocycles. The molecule has 0 bridgehead atoms. The number of aliphatic carboxylic acids is 1. The van der Waals surface area contributed by atoms with E-state index in [1.54, 1.807) is 18.2 Å². The number of pyridine rings is 1. The van der Waals surface area contributed by atoms with E-state index in [1.165, 1.54) is 23.1 Å². The van der Waals surface area contributed by atoms with E-state index in [0.29, 0.717) is 28.7 Å². The third-order valence-corrected chi connectivity index (χ3v) is 8.39. The number of nitrogens with two attached hydrogens (primary N) is 1. The molecule has 6 N–H and O–H groups in total. The minimum absolute atomic E-state index is 0.0631. The first-order valence-electron chi connectivity index (χ1n) is 10.4. The topological polar surface area (TPSA) is 187 Å². The van der Waals surface area contributed by atoms with Gasteiger partial charge in [-0.05, 0) is 42.3 Å². The van der Waals surface area contributed by atoms with Gasteiger partial charge in [0.05, 0.1) is 15.8 Å². The second-order valence-corrected chi connectivity index (χ2v) is 11.3. The van der Waals surface area contributed by atoms with E-state index < -0.39 is 28.2 Å². The van der Waals surface area contributed by atoms with E-state index in [1.807, 2.05) is 0 Å². The molecule has 2 aromatic heterocycles. The molecule has 1 atom stereocenters. The number of benzene rings is 1. The van der Waals surface area contributed by atoms with E-state index in [4.69, 9.17) is 32.6 Å². The fourth-order valence-electron chi connectivity index (χ4n) is 3.38. The molecule has 0 unspecified atom stereocenters. The Bertz CT molecular complexity index is 1510. The van der Waals surface area contributed by atoms with Gasteiger partial charge in [-0.3, -0.25) is 10.2 Å². The Kier molecular flexibility index (Phi) is 8.50. The minimum Gasteiger partial charge on any atom is -0.507 e. The number of nitrogens with zero attached hydrogens (tertiary/aromatic N) is 2. The molecule has 1 fully saturated rings. The second-order valence-electron chi connectivity index (χ2n) is 7.87. The van der Waals surface area contributed by atoms with Crippen LogP contribution in [0.25, 0.3) is 10.2 Å². The van der Waals surface area contributed by atoms with Crippen LogP contribution in [0.3, 0.4) is 0 Å². The largest absolute Gasteiger partial charge is 0.507 e. The summed E-state index contributed by atoms with van der Waals surface area (Å²) in [7, 11) is -3.91. The predicted molar refractivity (Wildman–Crippen MR) is 132 cm³/mol. The van der Waals surface area contributed by atoms with Crippen molar-refractivity contribution in [2.45, 2.75) is 29.4 Å². The number of hydrogen-bond acceptors (Lipinski definition) is 8. The van der Waals surface area contributed by atoms with Crippen LogP contribution in [0.5, 0.6) is 5.75 Å². The van der Waals surface area contributed by atoms with Crippen molar-refractivity contribution in [2.75, 3.05) is 6.54 Å². The number of alkyl halides is 3. The van der Waals surface area contributed by atoms with Crippen LogP contribution in [0.4, 0.5) is 13.2 Å². The van der Waals surface area contributed by atoms with Gasteiger partial charge >= 0.3 is 12.1 Å². The standard InChI is InChI=1S/C19H18ClN5O4S2.C2HF3O2/c20-16-4-3-15-13(23-16)8-17(30-15)31(28,29)24-12-5-6-25(19(12)27)9-10-1-2-14(26)11(7-10)18(21)22;3-2(4,5)1(6)7/h1-4,7-8,12,24,26H,5-6,9H2,(H3,21,22);(H,6,7)/t12-;/m0./s1. The summed E-state index contributed by atoms with van der Waals surface area (Å²) in [4.78, 5) is 27.3. The number of halogens is 4.